The highest BCUT2D eigenvalue weighted by atomic mass is 79.9. The van der Waals surface area contributed by atoms with Gasteiger partial charge in [0, 0.05) is 28.7 Å². The van der Waals surface area contributed by atoms with Crippen LogP contribution < -0.4 is 0 Å². The highest BCUT2D eigenvalue weighted by Gasteiger charge is 2.38. The first kappa shape index (κ1) is 14.7. The molecule has 3 heteroatoms. The Morgan fingerprint density at radius 3 is 2.68 bits per heavy atom. The van der Waals surface area contributed by atoms with Gasteiger partial charge < -0.3 is 0 Å². The van der Waals surface area contributed by atoms with Crippen molar-refractivity contribution < 1.29 is 4.79 Å². The van der Waals surface area contributed by atoms with E-state index in [9.17, 15) is 4.79 Å². The number of carbonyl (C=O) groups is 1. The SMILES string of the molecule is CC1CCC(C(C)(C)Cc2ccc(Br)cn2)C(=O)C1. The van der Waals surface area contributed by atoms with Crippen LogP contribution >= 0.6 is 15.9 Å². The molecule has 2 unspecified atom stereocenters. The number of ketones is 1. The number of nitrogens with zero attached hydrogens (tertiary/aromatic N) is 1. The van der Waals surface area contributed by atoms with Crippen molar-refractivity contribution in [2.75, 3.05) is 0 Å². The van der Waals surface area contributed by atoms with Gasteiger partial charge in [0.1, 0.15) is 5.78 Å². The minimum atomic E-state index is -0.00193. The van der Waals surface area contributed by atoms with Crippen LogP contribution in [0, 0.1) is 17.3 Å². The van der Waals surface area contributed by atoms with Gasteiger partial charge in [-0.2, -0.15) is 0 Å². The van der Waals surface area contributed by atoms with E-state index in [1.807, 2.05) is 18.3 Å². The van der Waals surface area contributed by atoms with E-state index >= 15 is 0 Å². The molecule has 0 aliphatic heterocycles. The van der Waals surface area contributed by atoms with E-state index in [1.54, 1.807) is 0 Å². The molecular formula is C16H22BrNO. The van der Waals surface area contributed by atoms with Crippen LogP contribution in [0.3, 0.4) is 0 Å². The quantitative estimate of drug-likeness (QED) is 0.824. The second kappa shape index (κ2) is 5.74. The maximum Gasteiger partial charge on any atom is 0.136 e. The van der Waals surface area contributed by atoms with Crippen LogP contribution in [0.25, 0.3) is 0 Å². The molecule has 0 spiro atoms. The fourth-order valence-corrected chi connectivity index (χ4v) is 3.36. The fraction of sp³-hybridized carbons (Fsp3) is 0.625. The molecule has 2 nitrogen and oxygen atoms in total. The predicted octanol–water partition coefficient (Wildman–Crippen LogP) is 4.42. The molecule has 0 amide bonds. The van der Waals surface area contributed by atoms with E-state index in [2.05, 4.69) is 41.7 Å². The van der Waals surface area contributed by atoms with Gasteiger partial charge in [-0.05, 0) is 58.7 Å². The highest BCUT2D eigenvalue weighted by molar-refractivity contribution is 9.10. The normalized spacial score (nSPS) is 24.5. The zero-order valence-electron chi connectivity index (χ0n) is 11.9. The number of Topliss-reactive ketones (excluding diaryl/α,β-unsaturated/α-hetero) is 1. The van der Waals surface area contributed by atoms with Crippen LogP contribution in [0.15, 0.2) is 22.8 Å². The molecule has 2 rings (SSSR count). The lowest BCUT2D eigenvalue weighted by Gasteiger charge is -2.37. The minimum absolute atomic E-state index is 0.00193. The molecule has 0 N–H and O–H groups in total. The van der Waals surface area contributed by atoms with Crippen molar-refractivity contribution in [2.24, 2.45) is 17.3 Å². The summed E-state index contributed by atoms with van der Waals surface area (Å²) >= 11 is 3.40. The van der Waals surface area contributed by atoms with Gasteiger partial charge in [0.2, 0.25) is 0 Å². The Labute approximate surface area is 124 Å². The first-order chi connectivity index (χ1) is 8.88. The first-order valence-electron chi connectivity index (χ1n) is 7.01. The van der Waals surface area contributed by atoms with Crippen LogP contribution in [0.1, 0.15) is 45.7 Å². The minimum Gasteiger partial charge on any atom is -0.299 e. The highest BCUT2D eigenvalue weighted by Crippen LogP contribution is 2.39. The third-order valence-corrected chi connectivity index (χ3v) is 4.72. The smallest absolute Gasteiger partial charge is 0.136 e. The van der Waals surface area contributed by atoms with E-state index in [-0.39, 0.29) is 11.3 Å². The molecule has 0 bridgehead atoms. The summed E-state index contributed by atoms with van der Waals surface area (Å²) in [5.41, 5.74) is 1.07. The molecule has 0 saturated heterocycles. The number of pyridine rings is 1. The number of halogens is 1. The standard InChI is InChI=1S/C16H22BrNO/c1-11-4-7-14(15(19)8-11)16(2,3)9-13-6-5-12(17)10-18-13/h5-6,10-11,14H,4,7-9H2,1-3H3. The number of hydrogen-bond donors (Lipinski definition) is 0. The van der Waals surface area contributed by atoms with Gasteiger partial charge in [-0.1, -0.05) is 20.8 Å². The summed E-state index contributed by atoms with van der Waals surface area (Å²) in [6.45, 7) is 6.59. The van der Waals surface area contributed by atoms with Crippen molar-refractivity contribution in [2.45, 2.75) is 46.5 Å². The van der Waals surface area contributed by atoms with Crippen LogP contribution in [0.2, 0.25) is 0 Å². The van der Waals surface area contributed by atoms with Gasteiger partial charge in [-0.3, -0.25) is 9.78 Å². The predicted molar refractivity (Wildman–Crippen MR) is 80.9 cm³/mol. The Morgan fingerprint density at radius 2 is 2.11 bits per heavy atom. The molecule has 1 fully saturated rings. The summed E-state index contributed by atoms with van der Waals surface area (Å²) < 4.78 is 0.997. The zero-order valence-corrected chi connectivity index (χ0v) is 13.5. The Bertz CT molecular complexity index is 452. The summed E-state index contributed by atoms with van der Waals surface area (Å²) in [7, 11) is 0. The molecule has 1 aromatic rings. The fourth-order valence-electron chi connectivity index (χ4n) is 3.13. The molecule has 1 heterocycles. The van der Waals surface area contributed by atoms with Crippen molar-refractivity contribution in [3.8, 4) is 0 Å². The van der Waals surface area contributed by atoms with Gasteiger partial charge in [-0.25, -0.2) is 0 Å². The molecule has 1 aliphatic rings. The van der Waals surface area contributed by atoms with Gasteiger partial charge in [0.25, 0.3) is 0 Å². The van der Waals surface area contributed by atoms with Crippen LogP contribution in [-0.2, 0) is 11.2 Å². The van der Waals surface area contributed by atoms with Gasteiger partial charge in [0.05, 0.1) is 0 Å². The van der Waals surface area contributed by atoms with Crippen LogP contribution in [0.5, 0.6) is 0 Å². The average molecular weight is 324 g/mol. The Hall–Kier alpha value is -0.700. The maximum absolute atomic E-state index is 12.3. The Kier molecular flexibility index (Phi) is 4.44. The number of hydrogen-bond acceptors (Lipinski definition) is 2. The second-order valence-electron chi connectivity index (χ2n) is 6.54. The van der Waals surface area contributed by atoms with Crippen molar-refractivity contribution in [1.82, 2.24) is 4.98 Å². The van der Waals surface area contributed by atoms with Gasteiger partial charge in [0.15, 0.2) is 0 Å². The molecular weight excluding hydrogens is 302 g/mol. The number of carbonyl (C=O) groups excluding carboxylic acids is 1. The van der Waals surface area contributed by atoms with E-state index in [4.69, 9.17) is 0 Å². The van der Waals surface area contributed by atoms with Gasteiger partial charge >= 0.3 is 0 Å². The Morgan fingerprint density at radius 1 is 1.37 bits per heavy atom. The summed E-state index contributed by atoms with van der Waals surface area (Å²) in [6, 6.07) is 4.06. The number of rotatable bonds is 3. The van der Waals surface area contributed by atoms with Crippen molar-refractivity contribution in [3.05, 3.63) is 28.5 Å². The molecule has 1 saturated carbocycles. The lowest BCUT2D eigenvalue weighted by atomic mass is 9.66. The van der Waals surface area contributed by atoms with Crippen LogP contribution in [0.4, 0.5) is 0 Å². The summed E-state index contributed by atoms with van der Waals surface area (Å²) in [5, 5.41) is 0. The monoisotopic (exact) mass is 323 g/mol. The lowest BCUT2D eigenvalue weighted by molar-refractivity contribution is -0.129. The molecule has 0 radical (unpaired) electrons. The molecule has 19 heavy (non-hydrogen) atoms. The summed E-state index contributed by atoms with van der Waals surface area (Å²) in [5.74, 6) is 1.19. The summed E-state index contributed by atoms with van der Waals surface area (Å²) in [6.07, 6.45) is 5.65. The summed E-state index contributed by atoms with van der Waals surface area (Å²) in [4.78, 5) is 16.7. The topological polar surface area (TPSA) is 30.0 Å². The van der Waals surface area contributed by atoms with E-state index in [1.165, 1.54) is 6.42 Å². The molecule has 1 aliphatic carbocycles. The van der Waals surface area contributed by atoms with E-state index in [0.29, 0.717) is 11.7 Å². The third-order valence-electron chi connectivity index (χ3n) is 4.26. The van der Waals surface area contributed by atoms with Crippen molar-refractivity contribution in [3.63, 3.8) is 0 Å². The molecule has 1 aromatic heterocycles. The third kappa shape index (κ3) is 3.65. The van der Waals surface area contributed by atoms with Crippen LogP contribution in [-0.4, -0.2) is 10.8 Å². The van der Waals surface area contributed by atoms with Crippen molar-refractivity contribution in [1.29, 1.82) is 0 Å². The maximum atomic E-state index is 12.3. The molecule has 2 atom stereocenters. The lowest BCUT2D eigenvalue weighted by Crippen LogP contribution is -2.37. The molecule has 0 aromatic carbocycles. The average Bonchev–Trinajstić information content (AvgIpc) is 2.31. The molecule has 104 valence electrons. The first-order valence-corrected chi connectivity index (χ1v) is 7.81. The second-order valence-corrected chi connectivity index (χ2v) is 7.45. The van der Waals surface area contributed by atoms with E-state index < -0.39 is 0 Å². The zero-order chi connectivity index (χ0) is 14.0. The Balaban J connectivity index is 2.09. The largest absolute Gasteiger partial charge is 0.299 e. The van der Waals surface area contributed by atoms with Crippen molar-refractivity contribution >= 4 is 21.7 Å². The van der Waals surface area contributed by atoms with Gasteiger partial charge in [-0.15, -0.1) is 0 Å². The number of aromatic nitrogens is 1. The van der Waals surface area contributed by atoms with E-state index in [0.717, 1.165) is 29.4 Å².